The molecule has 6 aromatic rings. The van der Waals surface area contributed by atoms with Crippen molar-refractivity contribution in [1.29, 1.82) is 0 Å². The van der Waals surface area contributed by atoms with Gasteiger partial charge in [0.05, 0.1) is 51.9 Å². The number of imidazole rings is 1. The number of pyridine rings is 1. The molecule has 51 heavy (non-hydrogen) atoms. The monoisotopic (exact) mass is 714 g/mol. The molecule has 4 aromatic heterocycles. The molecule has 3 aliphatic rings. The highest BCUT2D eigenvalue weighted by atomic mass is 32.2. The number of rotatable bonds is 4. The van der Waals surface area contributed by atoms with Crippen LogP contribution in [0.15, 0.2) is 76.7 Å². The number of benzene rings is 2. The Kier molecular flexibility index (Phi) is 7.48. The highest BCUT2D eigenvalue weighted by Crippen LogP contribution is 2.46. The van der Waals surface area contributed by atoms with Crippen LogP contribution < -0.4 is 16.3 Å². The normalized spacial score (nSPS) is 18.8. The number of methoxy groups -OCH3 is 1. The molecule has 2 aromatic carbocycles. The van der Waals surface area contributed by atoms with Crippen molar-refractivity contribution in [3.8, 4) is 22.4 Å². The highest BCUT2D eigenvalue weighted by molar-refractivity contribution is 7.90. The van der Waals surface area contributed by atoms with Crippen LogP contribution in [0.25, 0.3) is 44.5 Å². The van der Waals surface area contributed by atoms with Gasteiger partial charge >= 0.3 is 17.9 Å². The van der Waals surface area contributed by atoms with Crippen LogP contribution in [-0.2, 0) is 40.1 Å². The number of fused-ring (bicyclic) bond motifs is 5. The third-order valence-corrected chi connectivity index (χ3v) is 11.3. The molecule has 0 radical (unpaired) electrons. The first kappa shape index (κ1) is 32.2. The molecule has 1 aliphatic carbocycles. The smallest absolute Gasteiger partial charge is 0.407 e. The first-order valence-electron chi connectivity index (χ1n) is 16.0. The number of carbonyl (C=O) groups is 2. The maximum absolute atomic E-state index is 15.9. The minimum atomic E-state index is -4.46. The number of hydrogen-bond acceptors (Lipinski definition) is 9. The molecule has 9 rings (SSSR count). The summed E-state index contributed by atoms with van der Waals surface area (Å²) in [6.45, 7) is 0.0882. The van der Waals surface area contributed by atoms with Gasteiger partial charge in [0, 0.05) is 44.9 Å². The average molecular weight is 715 g/mol. The summed E-state index contributed by atoms with van der Waals surface area (Å²) in [5.74, 6) is -0.912. The van der Waals surface area contributed by atoms with Crippen molar-refractivity contribution in [2.75, 3.05) is 7.11 Å². The van der Waals surface area contributed by atoms with Crippen molar-refractivity contribution < 1.29 is 31.9 Å². The molecular weight excluding hydrogens is 683 g/mol. The fraction of sp³-hybridized carbons (Fsp3) is 0.265. The first-order valence-corrected chi connectivity index (χ1v) is 17.4. The molecular formula is C34H31FN8O7S. The molecule has 4 bridgehead atoms. The minimum Gasteiger partial charge on any atom is -0.453 e. The van der Waals surface area contributed by atoms with Crippen LogP contribution >= 0.6 is 0 Å². The van der Waals surface area contributed by atoms with E-state index in [1.165, 1.54) is 52.5 Å². The van der Waals surface area contributed by atoms with Gasteiger partial charge in [0.2, 0.25) is 5.95 Å². The van der Waals surface area contributed by atoms with Crippen molar-refractivity contribution in [3.63, 3.8) is 0 Å². The SMILES string of the molecule is COC(=O)N[C@H]1C[C@H]2C[C@H]1OC(=O)NCc1ccc(cc1)-c1c(-c3cn(C)nc3F)n(S(=O)(=O)c3ccccc3)c3ncc4c(c13)n2c(=O)n4C. The minimum absolute atomic E-state index is 0.0365. The first-order chi connectivity index (χ1) is 24.5. The van der Waals surface area contributed by atoms with Gasteiger partial charge < -0.3 is 20.1 Å². The topological polar surface area (TPSA) is 173 Å². The lowest BCUT2D eigenvalue weighted by atomic mass is 9.98. The molecule has 0 saturated heterocycles. The quantitative estimate of drug-likeness (QED) is 0.275. The van der Waals surface area contributed by atoms with Gasteiger partial charge in [-0.2, -0.15) is 4.39 Å². The van der Waals surface area contributed by atoms with Gasteiger partial charge in [-0.3, -0.25) is 13.8 Å². The average Bonchev–Trinajstić information content (AvgIpc) is 3.84. The van der Waals surface area contributed by atoms with E-state index in [1.54, 1.807) is 49.5 Å². The summed E-state index contributed by atoms with van der Waals surface area (Å²) < 4.78 is 61.2. The second-order valence-corrected chi connectivity index (χ2v) is 14.4. The molecule has 6 heterocycles. The van der Waals surface area contributed by atoms with Gasteiger partial charge in [0.15, 0.2) is 5.65 Å². The molecule has 2 amide bonds. The number of halogens is 1. The maximum atomic E-state index is 15.9. The Morgan fingerprint density at radius 2 is 1.82 bits per heavy atom. The van der Waals surface area contributed by atoms with E-state index in [0.29, 0.717) is 27.7 Å². The van der Waals surface area contributed by atoms with Crippen molar-refractivity contribution in [2.24, 2.45) is 14.1 Å². The van der Waals surface area contributed by atoms with Crippen LogP contribution in [0.2, 0.25) is 0 Å². The summed E-state index contributed by atoms with van der Waals surface area (Å²) in [5, 5.41) is 9.65. The zero-order valence-corrected chi connectivity index (χ0v) is 28.3. The molecule has 262 valence electrons. The van der Waals surface area contributed by atoms with Crippen molar-refractivity contribution in [3.05, 3.63) is 89.0 Å². The molecule has 3 atom stereocenters. The molecule has 1 fully saturated rings. The van der Waals surface area contributed by atoms with Crippen LogP contribution in [0.1, 0.15) is 24.4 Å². The number of hydrogen-bond donors (Lipinski definition) is 2. The molecule has 15 nitrogen and oxygen atoms in total. The Bertz CT molecular complexity index is 2560. The van der Waals surface area contributed by atoms with Crippen molar-refractivity contribution in [2.45, 2.75) is 42.5 Å². The van der Waals surface area contributed by atoms with Gasteiger partial charge in [-0.1, -0.05) is 42.5 Å². The molecule has 2 aliphatic heterocycles. The van der Waals surface area contributed by atoms with Gasteiger partial charge in [-0.15, -0.1) is 5.10 Å². The second kappa shape index (κ2) is 11.8. The standard InChI is InChI=1S/C34H31FN8O7S/c1-40-17-22(30(35)39-40)28-26-19-11-9-18(10-12-19)15-37-32(44)50-25-14-20(13-23(25)38-33(45)49-3)42-29-24(41(2)34(42)46)16-36-31(27(26)29)43(28)51(47,48)21-7-5-4-6-8-21/h4-12,16-17,20,23,25H,13-15H2,1-3H3,(H,37,44)(H,38,45)/t20-,23-,25+/m0/s1. The summed E-state index contributed by atoms with van der Waals surface area (Å²) in [6, 6.07) is 13.3. The Hall–Kier alpha value is -5.97. The summed E-state index contributed by atoms with van der Waals surface area (Å²) in [4.78, 5) is 44.2. The second-order valence-electron chi connectivity index (χ2n) is 12.6. The number of ether oxygens (including phenoxy) is 2. The fourth-order valence-electron chi connectivity index (χ4n) is 7.28. The number of nitrogens with one attached hydrogen (secondary N) is 2. The van der Waals surface area contributed by atoms with Gasteiger partial charge in [-0.25, -0.2) is 31.8 Å². The van der Waals surface area contributed by atoms with E-state index < -0.39 is 52.0 Å². The number of nitrogens with zero attached hydrogens (tertiary/aromatic N) is 6. The van der Waals surface area contributed by atoms with E-state index in [0.717, 1.165) is 3.97 Å². The molecule has 17 heteroatoms. The highest BCUT2D eigenvalue weighted by Gasteiger charge is 2.42. The Labute approximate surface area is 289 Å². The molecule has 2 N–H and O–H groups in total. The number of aryl methyl sites for hydroxylation is 2. The molecule has 1 saturated carbocycles. The van der Waals surface area contributed by atoms with Crippen LogP contribution in [0.5, 0.6) is 0 Å². The van der Waals surface area contributed by atoms with Crippen LogP contribution in [0, 0.1) is 5.95 Å². The van der Waals surface area contributed by atoms with Crippen molar-refractivity contribution >= 4 is 44.3 Å². The summed E-state index contributed by atoms with van der Waals surface area (Å²) in [6.07, 6.45) is 0.776. The van der Waals surface area contributed by atoms with E-state index in [4.69, 9.17) is 9.47 Å². The lowest BCUT2D eigenvalue weighted by Crippen LogP contribution is -2.43. The van der Waals surface area contributed by atoms with Gasteiger partial charge in [-0.05, 0) is 29.7 Å². The van der Waals surface area contributed by atoms with E-state index in [-0.39, 0.29) is 46.6 Å². The predicted octanol–water partition coefficient (Wildman–Crippen LogP) is 3.80. The van der Waals surface area contributed by atoms with Crippen molar-refractivity contribution in [1.82, 2.24) is 38.5 Å². The Balaban J connectivity index is 1.54. The number of carbonyl (C=O) groups excluding carboxylic acids is 2. The molecule has 0 spiro atoms. The number of aromatic nitrogens is 6. The predicted molar refractivity (Wildman–Crippen MR) is 182 cm³/mol. The number of amides is 2. The number of alkyl carbamates (subject to hydrolysis) is 2. The largest absolute Gasteiger partial charge is 0.453 e. The van der Waals surface area contributed by atoms with Crippen LogP contribution in [0.4, 0.5) is 14.0 Å². The summed E-state index contributed by atoms with van der Waals surface area (Å²) in [5.41, 5.74) is 1.56. The van der Waals surface area contributed by atoms with Crippen LogP contribution in [0.3, 0.4) is 0 Å². The van der Waals surface area contributed by atoms with E-state index in [2.05, 4.69) is 20.7 Å². The third kappa shape index (κ3) is 5.06. The lowest BCUT2D eigenvalue weighted by molar-refractivity contribution is 0.0810. The Morgan fingerprint density at radius 1 is 1.08 bits per heavy atom. The third-order valence-electron chi connectivity index (χ3n) is 9.58. The zero-order chi connectivity index (χ0) is 35.8. The Morgan fingerprint density at radius 3 is 2.51 bits per heavy atom. The van der Waals surface area contributed by atoms with E-state index in [9.17, 15) is 22.8 Å². The lowest BCUT2D eigenvalue weighted by Gasteiger charge is -2.20. The molecule has 0 unspecified atom stereocenters. The fourth-order valence-corrected chi connectivity index (χ4v) is 8.78. The zero-order valence-electron chi connectivity index (χ0n) is 27.5. The summed E-state index contributed by atoms with van der Waals surface area (Å²) >= 11 is 0. The van der Waals surface area contributed by atoms with E-state index >= 15 is 4.39 Å². The van der Waals surface area contributed by atoms with E-state index in [1.807, 2.05) is 0 Å². The maximum Gasteiger partial charge on any atom is 0.407 e. The summed E-state index contributed by atoms with van der Waals surface area (Å²) in [7, 11) is -0.153. The van der Waals surface area contributed by atoms with Gasteiger partial charge in [0.25, 0.3) is 10.0 Å². The van der Waals surface area contributed by atoms with Crippen LogP contribution in [-0.4, -0.2) is 67.7 Å². The van der Waals surface area contributed by atoms with Gasteiger partial charge in [0.1, 0.15) is 6.10 Å².